The lowest BCUT2D eigenvalue weighted by atomic mass is 9.94. The quantitative estimate of drug-likeness (QED) is 0.554. The fraction of sp³-hybridized carbons (Fsp3) is 0.545. The van der Waals surface area contributed by atoms with Gasteiger partial charge in [0, 0.05) is 43.5 Å². The first-order chi connectivity index (χ1) is 13.5. The Balaban J connectivity index is 1.56. The molecule has 3 rings (SSSR count). The molecule has 28 heavy (non-hydrogen) atoms. The maximum Gasteiger partial charge on any atom is 0.191 e. The zero-order valence-electron chi connectivity index (χ0n) is 17.6. The van der Waals surface area contributed by atoms with Crippen molar-refractivity contribution in [3.05, 3.63) is 51.5 Å². The van der Waals surface area contributed by atoms with E-state index in [0.29, 0.717) is 0 Å². The molecule has 1 aromatic carbocycles. The van der Waals surface area contributed by atoms with E-state index in [-0.39, 0.29) is 5.54 Å². The maximum absolute atomic E-state index is 4.89. The van der Waals surface area contributed by atoms with Crippen molar-refractivity contribution in [3.8, 4) is 0 Å². The first-order valence-corrected chi connectivity index (χ1v) is 11.1. The van der Waals surface area contributed by atoms with Gasteiger partial charge in [-0.05, 0) is 45.2 Å². The van der Waals surface area contributed by atoms with E-state index in [9.17, 15) is 0 Å². The van der Waals surface area contributed by atoms with Gasteiger partial charge < -0.3 is 10.6 Å². The van der Waals surface area contributed by atoms with E-state index >= 15 is 0 Å². The molecular weight excluding hydrogens is 366 g/mol. The molecule has 1 aliphatic rings. The predicted octanol–water partition coefficient (Wildman–Crippen LogP) is 3.39. The van der Waals surface area contributed by atoms with Crippen LogP contribution in [0.4, 0.5) is 0 Å². The third-order valence-electron chi connectivity index (χ3n) is 5.30. The van der Waals surface area contributed by atoms with Crippen LogP contribution in [0, 0.1) is 6.92 Å². The van der Waals surface area contributed by atoms with Crippen LogP contribution in [0.5, 0.6) is 0 Å². The Morgan fingerprint density at radius 2 is 2.04 bits per heavy atom. The highest BCUT2D eigenvalue weighted by atomic mass is 32.1. The number of thiazole rings is 1. The van der Waals surface area contributed by atoms with E-state index in [1.807, 2.05) is 6.92 Å². The van der Waals surface area contributed by atoms with Crippen molar-refractivity contribution in [2.45, 2.75) is 52.6 Å². The van der Waals surface area contributed by atoms with Gasteiger partial charge in [-0.1, -0.05) is 24.3 Å². The molecule has 2 N–H and O–H groups in total. The number of aromatic nitrogens is 1. The Kier molecular flexibility index (Phi) is 7.08. The molecule has 152 valence electrons. The van der Waals surface area contributed by atoms with Crippen LogP contribution >= 0.6 is 11.3 Å². The van der Waals surface area contributed by atoms with E-state index in [1.165, 1.54) is 11.1 Å². The van der Waals surface area contributed by atoms with Crippen molar-refractivity contribution in [2.24, 2.45) is 4.99 Å². The fourth-order valence-electron chi connectivity index (χ4n) is 3.56. The number of hydrogen-bond donors (Lipinski definition) is 2. The summed E-state index contributed by atoms with van der Waals surface area (Å²) in [7, 11) is 0. The third kappa shape index (κ3) is 5.55. The highest BCUT2D eigenvalue weighted by Crippen LogP contribution is 2.25. The molecule has 0 aliphatic carbocycles. The minimum absolute atomic E-state index is 0.0158. The molecule has 0 amide bonds. The molecule has 0 bridgehead atoms. The van der Waals surface area contributed by atoms with Crippen molar-refractivity contribution < 1.29 is 0 Å². The fourth-order valence-corrected chi connectivity index (χ4v) is 4.21. The Morgan fingerprint density at radius 1 is 1.25 bits per heavy atom. The predicted molar refractivity (Wildman–Crippen MR) is 119 cm³/mol. The largest absolute Gasteiger partial charge is 0.357 e. The highest BCUT2D eigenvalue weighted by Gasteiger charge is 2.29. The van der Waals surface area contributed by atoms with Crippen LogP contribution in [0.1, 0.15) is 42.6 Å². The van der Waals surface area contributed by atoms with E-state index in [1.54, 1.807) is 11.3 Å². The van der Waals surface area contributed by atoms with Crippen molar-refractivity contribution >= 4 is 17.3 Å². The third-order valence-corrected chi connectivity index (χ3v) is 6.12. The summed E-state index contributed by atoms with van der Waals surface area (Å²) in [4.78, 5) is 12.0. The van der Waals surface area contributed by atoms with E-state index in [4.69, 9.17) is 4.99 Å². The number of aryl methyl sites for hydroxylation is 1. The lowest BCUT2D eigenvalue weighted by Gasteiger charge is -2.40. The number of rotatable bonds is 7. The molecule has 1 aromatic heterocycles. The van der Waals surface area contributed by atoms with E-state index in [0.717, 1.165) is 62.2 Å². The Morgan fingerprint density at radius 3 is 2.75 bits per heavy atom. The van der Waals surface area contributed by atoms with Crippen LogP contribution in [0.15, 0.2) is 34.6 Å². The standard InChI is InChI=1S/C22H33N5S/c1-5-23-21(24-12-10-20-15-28-17(2)26-20)25-16-22(3,4)27-13-11-18-8-6-7-9-19(18)14-27/h6-9,15H,5,10-14,16H2,1-4H3,(H2,23,24,25). The Hall–Kier alpha value is -1.92. The summed E-state index contributed by atoms with van der Waals surface area (Å²) in [6.45, 7) is 13.3. The van der Waals surface area contributed by atoms with Gasteiger partial charge in [-0.25, -0.2) is 4.98 Å². The molecule has 0 fully saturated rings. The molecule has 2 aromatic rings. The second kappa shape index (κ2) is 9.52. The van der Waals surface area contributed by atoms with Crippen LogP contribution in [-0.2, 0) is 19.4 Å². The van der Waals surface area contributed by atoms with E-state index < -0.39 is 0 Å². The van der Waals surface area contributed by atoms with Gasteiger partial charge >= 0.3 is 0 Å². The number of nitrogens with one attached hydrogen (secondary N) is 2. The lowest BCUT2D eigenvalue weighted by molar-refractivity contribution is 0.111. The molecule has 0 atom stereocenters. The molecule has 2 heterocycles. The number of benzene rings is 1. The minimum atomic E-state index is 0.0158. The van der Waals surface area contributed by atoms with Gasteiger partial charge in [0.1, 0.15) is 0 Å². The Bertz CT molecular complexity index is 796. The highest BCUT2D eigenvalue weighted by molar-refractivity contribution is 7.09. The SMILES string of the molecule is CCNC(=NCC(C)(C)N1CCc2ccccc2C1)NCCc1csc(C)n1. The summed E-state index contributed by atoms with van der Waals surface area (Å²) in [5, 5.41) is 10.1. The number of guanidine groups is 1. The van der Waals surface area contributed by atoms with Gasteiger partial charge in [-0.2, -0.15) is 0 Å². The van der Waals surface area contributed by atoms with Crippen LogP contribution in [0.25, 0.3) is 0 Å². The second-order valence-electron chi connectivity index (χ2n) is 7.98. The topological polar surface area (TPSA) is 52.6 Å². The first kappa shape index (κ1) is 20.8. The molecule has 1 aliphatic heterocycles. The summed E-state index contributed by atoms with van der Waals surface area (Å²) in [5.74, 6) is 0.889. The molecule has 0 spiro atoms. The van der Waals surface area contributed by atoms with Crippen LogP contribution in [0.3, 0.4) is 0 Å². The van der Waals surface area contributed by atoms with Gasteiger partial charge in [0.2, 0.25) is 0 Å². The van der Waals surface area contributed by atoms with Gasteiger partial charge in [0.15, 0.2) is 5.96 Å². The number of nitrogens with zero attached hydrogens (tertiary/aromatic N) is 3. The summed E-state index contributed by atoms with van der Waals surface area (Å²) < 4.78 is 0. The molecule has 6 heteroatoms. The summed E-state index contributed by atoms with van der Waals surface area (Å²) in [6, 6.07) is 8.80. The average molecular weight is 400 g/mol. The van der Waals surface area contributed by atoms with Crippen LogP contribution in [-0.4, -0.2) is 47.6 Å². The molecule has 5 nitrogen and oxygen atoms in total. The van der Waals surface area contributed by atoms with Gasteiger partial charge in [-0.3, -0.25) is 9.89 Å². The smallest absolute Gasteiger partial charge is 0.191 e. The van der Waals surface area contributed by atoms with Crippen LogP contribution in [0.2, 0.25) is 0 Å². The zero-order valence-corrected chi connectivity index (χ0v) is 18.4. The zero-order chi connectivity index (χ0) is 20.0. The van der Waals surface area contributed by atoms with Gasteiger partial charge in [0.05, 0.1) is 17.2 Å². The van der Waals surface area contributed by atoms with Crippen molar-refractivity contribution in [3.63, 3.8) is 0 Å². The lowest BCUT2D eigenvalue weighted by Crippen LogP contribution is -2.49. The van der Waals surface area contributed by atoms with Crippen LogP contribution < -0.4 is 10.6 Å². The molecular formula is C22H33N5S. The van der Waals surface area contributed by atoms with Crippen molar-refractivity contribution in [2.75, 3.05) is 26.2 Å². The molecule has 0 saturated heterocycles. The Labute approximate surface area is 173 Å². The molecule has 0 unspecified atom stereocenters. The summed E-state index contributed by atoms with van der Waals surface area (Å²) in [6.07, 6.45) is 2.04. The normalized spacial score (nSPS) is 15.4. The summed E-state index contributed by atoms with van der Waals surface area (Å²) in [5.41, 5.74) is 4.11. The van der Waals surface area contributed by atoms with Crippen molar-refractivity contribution in [1.82, 2.24) is 20.5 Å². The summed E-state index contributed by atoms with van der Waals surface area (Å²) >= 11 is 1.71. The number of aliphatic imine (C=N–C) groups is 1. The second-order valence-corrected chi connectivity index (χ2v) is 9.04. The maximum atomic E-state index is 4.89. The number of fused-ring (bicyclic) bond motifs is 1. The minimum Gasteiger partial charge on any atom is -0.357 e. The van der Waals surface area contributed by atoms with E-state index in [2.05, 4.69) is 70.9 Å². The van der Waals surface area contributed by atoms with Crippen molar-refractivity contribution in [1.29, 1.82) is 0 Å². The average Bonchev–Trinajstić information content (AvgIpc) is 3.11. The van der Waals surface area contributed by atoms with Gasteiger partial charge in [0.25, 0.3) is 0 Å². The first-order valence-electron chi connectivity index (χ1n) is 10.2. The number of hydrogen-bond acceptors (Lipinski definition) is 4. The monoisotopic (exact) mass is 399 g/mol. The molecule has 0 radical (unpaired) electrons. The molecule has 0 saturated carbocycles. The van der Waals surface area contributed by atoms with Gasteiger partial charge in [-0.15, -0.1) is 11.3 Å².